The van der Waals surface area contributed by atoms with Gasteiger partial charge in [-0.1, -0.05) is 121 Å². The van der Waals surface area contributed by atoms with Gasteiger partial charge < -0.3 is 4.98 Å². The summed E-state index contributed by atoms with van der Waals surface area (Å²) in [5, 5.41) is 17.4. The molecule has 2 heterocycles. The van der Waals surface area contributed by atoms with Crippen LogP contribution in [0.15, 0.2) is 127 Å². The number of hydrogen-bond donors (Lipinski definition) is 1. The smallest absolute Gasteiger partial charge is 0.108 e. The topological polar surface area (TPSA) is 54.5 Å². The zero-order valence-electron chi connectivity index (χ0n) is 31.4. The predicted molar refractivity (Wildman–Crippen MR) is 226 cm³/mol. The molecule has 2 aromatic heterocycles. The fraction of sp³-hybridized carbons (Fsp3) is 0.118. The molecular weight excluding hydrogens is 669 g/mol. The van der Waals surface area contributed by atoms with Crippen LogP contribution in [-0.4, -0.2) is 20.4 Å². The van der Waals surface area contributed by atoms with E-state index in [1.165, 1.54) is 83.3 Å². The molecule has 2 aliphatic carbocycles. The van der Waals surface area contributed by atoms with Gasteiger partial charge in [0.25, 0.3) is 0 Å². The largest absolute Gasteiger partial charge is 0.354 e. The lowest BCUT2D eigenvalue weighted by molar-refractivity contribution is 0.876. The van der Waals surface area contributed by atoms with Gasteiger partial charge in [0.2, 0.25) is 0 Å². The average Bonchev–Trinajstić information content (AvgIpc) is 3.90. The lowest BCUT2D eigenvalue weighted by Gasteiger charge is -2.23. The van der Waals surface area contributed by atoms with E-state index in [-0.39, 0.29) is 0 Å². The van der Waals surface area contributed by atoms with E-state index in [2.05, 4.69) is 160 Å². The summed E-state index contributed by atoms with van der Waals surface area (Å²) in [5.74, 6) is 0. The number of rotatable bonds is 4. The molecule has 4 heteroatoms. The highest BCUT2D eigenvalue weighted by atomic mass is 15.3. The Balaban J connectivity index is 1.32. The van der Waals surface area contributed by atoms with Gasteiger partial charge in [-0.2, -0.15) is 0 Å². The lowest BCUT2D eigenvalue weighted by atomic mass is 9.81. The Kier molecular flexibility index (Phi) is 6.90. The molecule has 0 atom stereocenters. The summed E-state index contributed by atoms with van der Waals surface area (Å²) in [5.41, 5.74) is 26.2. The molecule has 0 saturated carbocycles. The summed E-state index contributed by atoms with van der Waals surface area (Å²) >= 11 is 0. The number of nitrogens with zero attached hydrogens (tertiary/aromatic N) is 3. The van der Waals surface area contributed by atoms with Gasteiger partial charge in [-0.25, -0.2) is 0 Å². The van der Waals surface area contributed by atoms with E-state index < -0.39 is 0 Å². The number of aromatic amines is 1. The number of fused-ring (bicyclic) bond motifs is 9. The van der Waals surface area contributed by atoms with Crippen LogP contribution in [0, 0.1) is 27.7 Å². The van der Waals surface area contributed by atoms with E-state index in [4.69, 9.17) is 15.4 Å². The third kappa shape index (κ3) is 4.61. The Bertz CT molecular complexity index is 3080. The average molecular weight is 707 g/mol. The van der Waals surface area contributed by atoms with Crippen molar-refractivity contribution < 1.29 is 0 Å². The first kappa shape index (κ1) is 31.8. The van der Waals surface area contributed by atoms with E-state index in [9.17, 15) is 0 Å². The van der Waals surface area contributed by atoms with Crippen molar-refractivity contribution in [1.82, 2.24) is 20.4 Å². The van der Waals surface area contributed by atoms with E-state index in [0.717, 1.165) is 62.9 Å². The predicted octanol–water partition coefficient (Wildman–Crippen LogP) is 12.6. The third-order valence-corrected chi connectivity index (χ3v) is 12.5. The van der Waals surface area contributed by atoms with Gasteiger partial charge in [-0.15, -0.1) is 10.2 Å². The summed E-state index contributed by atoms with van der Waals surface area (Å²) in [4.78, 5) is 3.87. The van der Waals surface area contributed by atoms with Crippen molar-refractivity contribution in [2.24, 2.45) is 0 Å². The first-order valence-electron chi connectivity index (χ1n) is 19.2. The number of benzene rings is 7. The Morgan fingerprint density at radius 2 is 1.02 bits per heavy atom. The molecule has 0 amide bonds. The van der Waals surface area contributed by atoms with Gasteiger partial charge in [-0.3, -0.25) is 0 Å². The Hall–Kier alpha value is -6.65. The minimum atomic E-state index is 0.845. The first-order valence-corrected chi connectivity index (χ1v) is 19.2. The highest BCUT2D eigenvalue weighted by Gasteiger charge is 2.33. The molecule has 2 aliphatic rings. The fourth-order valence-corrected chi connectivity index (χ4v) is 9.64. The van der Waals surface area contributed by atoms with Gasteiger partial charge in [0.15, 0.2) is 0 Å². The van der Waals surface area contributed by atoms with Crippen LogP contribution in [0.4, 0.5) is 0 Å². The minimum Gasteiger partial charge on any atom is -0.354 e. The van der Waals surface area contributed by atoms with Crippen molar-refractivity contribution in [3.63, 3.8) is 0 Å². The maximum atomic E-state index is 5.17. The molecule has 4 nitrogen and oxygen atoms in total. The summed E-state index contributed by atoms with van der Waals surface area (Å²) in [6.45, 7) is 9.03. The highest BCUT2D eigenvalue weighted by molar-refractivity contribution is 6.16. The zero-order chi connectivity index (χ0) is 36.9. The quantitative estimate of drug-likeness (QED) is 0.198. The molecule has 0 bridgehead atoms. The van der Waals surface area contributed by atoms with Crippen molar-refractivity contribution in [2.75, 3.05) is 0 Å². The SMILES string of the molecule is Cc1cc2c(c(-c3nnnc(-c4c(-c5ccccc5)ccc5c4[nH]c4ccccc45)c3-c3c(C)c(C)cc4c3Cc3ccccc3-4)c1C)Cc1ccccc1-2. The molecule has 55 heavy (non-hydrogen) atoms. The van der Waals surface area contributed by atoms with Crippen LogP contribution in [0.2, 0.25) is 0 Å². The van der Waals surface area contributed by atoms with Gasteiger partial charge in [0, 0.05) is 33.0 Å². The molecule has 1 N–H and O–H groups in total. The summed E-state index contributed by atoms with van der Waals surface area (Å²) in [6.07, 6.45) is 1.70. The molecule has 0 unspecified atom stereocenters. The zero-order valence-corrected chi connectivity index (χ0v) is 31.4. The molecule has 7 aromatic carbocycles. The maximum Gasteiger partial charge on any atom is 0.108 e. The minimum absolute atomic E-state index is 0.845. The van der Waals surface area contributed by atoms with Gasteiger partial charge in [0.1, 0.15) is 11.4 Å². The number of nitrogens with one attached hydrogen (secondary N) is 1. The number of aryl methyl sites for hydroxylation is 2. The first-order chi connectivity index (χ1) is 27.0. The maximum absolute atomic E-state index is 5.17. The third-order valence-electron chi connectivity index (χ3n) is 12.5. The molecule has 9 aromatic rings. The van der Waals surface area contributed by atoms with E-state index in [1.807, 2.05) is 0 Å². The van der Waals surface area contributed by atoms with Crippen LogP contribution < -0.4 is 0 Å². The number of H-pyrrole nitrogens is 1. The Morgan fingerprint density at radius 3 is 1.71 bits per heavy atom. The standard InChI is InChI=1S/C51H38N4/c1-28-24-40-35-18-10-8-16-33(35)26-42(40)45(30(28)3)48-50(46-31(4)29(2)25-41-36-19-11-9-17-34(36)27-43(41)46)53-55-54-51(48)47-37(32-14-6-5-7-15-32)22-23-39-38-20-12-13-21-44(38)52-49(39)47/h5-25,52H,26-27H2,1-4H3. The van der Waals surface area contributed by atoms with E-state index in [1.54, 1.807) is 0 Å². The molecule has 0 spiro atoms. The summed E-state index contributed by atoms with van der Waals surface area (Å²) in [6, 6.07) is 46.3. The van der Waals surface area contributed by atoms with E-state index >= 15 is 0 Å². The molecular formula is C51H38N4. The lowest BCUT2D eigenvalue weighted by Crippen LogP contribution is -2.07. The second-order valence-corrected chi connectivity index (χ2v) is 15.4. The molecule has 11 rings (SSSR count). The van der Waals surface area contributed by atoms with Crippen LogP contribution in [0.3, 0.4) is 0 Å². The normalized spacial score (nSPS) is 12.6. The molecule has 0 aliphatic heterocycles. The van der Waals surface area contributed by atoms with Crippen molar-refractivity contribution in [2.45, 2.75) is 40.5 Å². The van der Waals surface area contributed by atoms with Crippen molar-refractivity contribution in [3.8, 4) is 67.0 Å². The second kappa shape index (κ2) is 11.9. The number of para-hydroxylation sites is 1. The van der Waals surface area contributed by atoms with Gasteiger partial charge >= 0.3 is 0 Å². The van der Waals surface area contributed by atoms with Crippen LogP contribution in [-0.2, 0) is 12.8 Å². The van der Waals surface area contributed by atoms with Gasteiger partial charge in [-0.05, 0) is 135 Å². The van der Waals surface area contributed by atoms with Crippen LogP contribution >= 0.6 is 0 Å². The summed E-state index contributed by atoms with van der Waals surface area (Å²) in [7, 11) is 0. The van der Waals surface area contributed by atoms with Crippen LogP contribution in [0.25, 0.3) is 88.8 Å². The fourth-order valence-electron chi connectivity index (χ4n) is 9.64. The van der Waals surface area contributed by atoms with Crippen molar-refractivity contribution in [1.29, 1.82) is 0 Å². The Labute approximate surface area is 320 Å². The van der Waals surface area contributed by atoms with Gasteiger partial charge in [0.05, 0.1) is 5.52 Å². The van der Waals surface area contributed by atoms with Crippen LogP contribution in [0.1, 0.15) is 44.5 Å². The number of aromatic nitrogens is 4. The second-order valence-electron chi connectivity index (χ2n) is 15.4. The monoisotopic (exact) mass is 706 g/mol. The molecule has 0 fully saturated rings. The highest BCUT2D eigenvalue weighted by Crippen LogP contribution is 2.53. The molecule has 0 radical (unpaired) electrons. The molecule has 0 saturated heterocycles. The van der Waals surface area contributed by atoms with E-state index in [0.29, 0.717) is 0 Å². The summed E-state index contributed by atoms with van der Waals surface area (Å²) < 4.78 is 0. The molecule has 262 valence electrons. The van der Waals surface area contributed by atoms with Crippen molar-refractivity contribution >= 4 is 21.8 Å². The number of hydrogen-bond acceptors (Lipinski definition) is 3. The van der Waals surface area contributed by atoms with Crippen LogP contribution in [0.5, 0.6) is 0 Å². The van der Waals surface area contributed by atoms with Crippen molar-refractivity contribution in [3.05, 3.63) is 172 Å². The Morgan fingerprint density at radius 1 is 0.455 bits per heavy atom.